The number of aromatic nitrogens is 3. The van der Waals surface area contributed by atoms with Crippen molar-refractivity contribution in [3.63, 3.8) is 0 Å². The van der Waals surface area contributed by atoms with Crippen LogP contribution in [0.3, 0.4) is 0 Å². The van der Waals surface area contributed by atoms with E-state index in [2.05, 4.69) is 16.1 Å². The Labute approximate surface area is 94.1 Å². The molecule has 1 aliphatic rings. The summed E-state index contributed by atoms with van der Waals surface area (Å²) in [6.45, 7) is 1.98. The summed E-state index contributed by atoms with van der Waals surface area (Å²) in [6, 6.07) is 4.03. The Morgan fingerprint density at radius 3 is 2.94 bits per heavy atom. The highest BCUT2D eigenvalue weighted by Gasteiger charge is 2.25. The molecule has 82 valence electrons. The molecule has 0 bridgehead atoms. The molecule has 4 heteroatoms. The molecule has 0 aliphatic heterocycles. The van der Waals surface area contributed by atoms with Crippen LogP contribution in [0.4, 0.5) is 5.69 Å². The third-order valence-corrected chi connectivity index (χ3v) is 2.98. The molecule has 1 saturated carbocycles. The number of nitrogens with two attached hydrogens (primary N) is 1. The van der Waals surface area contributed by atoms with Gasteiger partial charge in [0.05, 0.1) is 17.6 Å². The molecule has 1 aliphatic carbocycles. The van der Waals surface area contributed by atoms with Crippen LogP contribution in [0.5, 0.6) is 0 Å². The highest BCUT2D eigenvalue weighted by molar-refractivity contribution is 5.47. The van der Waals surface area contributed by atoms with Crippen molar-refractivity contribution in [2.24, 2.45) is 0 Å². The number of pyridine rings is 1. The molecule has 16 heavy (non-hydrogen) atoms. The van der Waals surface area contributed by atoms with Crippen molar-refractivity contribution in [2.45, 2.75) is 25.7 Å². The predicted molar refractivity (Wildman–Crippen MR) is 62.5 cm³/mol. The van der Waals surface area contributed by atoms with E-state index in [4.69, 9.17) is 5.73 Å². The van der Waals surface area contributed by atoms with Crippen LogP contribution in [0.15, 0.2) is 24.5 Å². The summed E-state index contributed by atoms with van der Waals surface area (Å²) in [5.74, 6) is 1.51. The van der Waals surface area contributed by atoms with Crippen molar-refractivity contribution in [3.05, 3.63) is 35.8 Å². The van der Waals surface area contributed by atoms with Crippen molar-refractivity contribution in [3.8, 4) is 5.82 Å². The zero-order chi connectivity index (χ0) is 11.1. The number of nitrogens with zero attached hydrogens (tertiary/aromatic N) is 3. The molecule has 4 nitrogen and oxygen atoms in total. The minimum absolute atomic E-state index is 0.677. The molecule has 2 N–H and O–H groups in total. The van der Waals surface area contributed by atoms with E-state index in [0.717, 1.165) is 17.1 Å². The van der Waals surface area contributed by atoms with Gasteiger partial charge in [-0.1, -0.05) is 0 Å². The summed E-state index contributed by atoms with van der Waals surface area (Å²) in [4.78, 5) is 4.28. The van der Waals surface area contributed by atoms with Gasteiger partial charge in [0.15, 0.2) is 5.82 Å². The number of rotatable bonds is 2. The van der Waals surface area contributed by atoms with E-state index < -0.39 is 0 Å². The van der Waals surface area contributed by atoms with Gasteiger partial charge in [0.1, 0.15) is 0 Å². The van der Waals surface area contributed by atoms with E-state index in [-0.39, 0.29) is 0 Å². The molecule has 0 saturated heterocycles. The SMILES string of the molecule is Cc1cc(-n2ccc(C3CC3)n2)ncc1N. The molecule has 0 spiro atoms. The molecule has 1 fully saturated rings. The quantitative estimate of drug-likeness (QED) is 0.832. The fourth-order valence-electron chi connectivity index (χ4n) is 1.74. The Morgan fingerprint density at radius 2 is 2.25 bits per heavy atom. The lowest BCUT2D eigenvalue weighted by molar-refractivity contribution is 0.812. The third kappa shape index (κ3) is 1.56. The molecule has 0 amide bonds. The van der Waals surface area contributed by atoms with Crippen molar-refractivity contribution < 1.29 is 0 Å². The lowest BCUT2D eigenvalue weighted by Crippen LogP contribution is -2.01. The van der Waals surface area contributed by atoms with Gasteiger partial charge in [0.2, 0.25) is 0 Å². The van der Waals surface area contributed by atoms with Crippen LogP contribution >= 0.6 is 0 Å². The second-order valence-electron chi connectivity index (χ2n) is 4.36. The highest BCUT2D eigenvalue weighted by Crippen LogP contribution is 2.38. The monoisotopic (exact) mass is 214 g/mol. The maximum Gasteiger partial charge on any atom is 0.153 e. The highest BCUT2D eigenvalue weighted by atomic mass is 15.3. The fraction of sp³-hybridized carbons (Fsp3) is 0.333. The van der Waals surface area contributed by atoms with Gasteiger partial charge in [-0.2, -0.15) is 5.10 Å². The van der Waals surface area contributed by atoms with Gasteiger partial charge in [0, 0.05) is 12.1 Å². The van der Waals surface area contributed by atoms with E-state index in [9.17, 15) is 0 Å². The van der Waals surface area contributed by atoms with E-state index >= 15 is 0 Å². The average Bonchev–Trinajstić information content (AvgIpc) is 3.01. The molecular formula is C12H14N4. The standard InChI is InChI=1S/C12H14N4/c1-8-6-12(14-7-10(8)13)16-5-4-11(15-16)9-2-3-9/h4-7,9H,2-3,13H2,1H3. The van der Waals surface area contributed by atoms with Crippen LogP contribution < -0.4 is 5.73 Å². The summed E-state index contributed by atoms with van der Waals surface area (Å²) < 4.78 is 1.82. The van der Waals surface area contributed by atoms with E-state index in [0.29, 0.717) is 5.92 Å². The summed E-state index contributed by atoms with van der Waals surface area (Å²) in [5, 5.41) is 4.53. The third-order valence-electron chi connectivity index (χ3n) is 2.98. The molecule has 2 aromatic rings. The van der Waals surface area contributed by atoms with Crippen LogP contribution in [-0.4, -0.2) is 14.8 Å². The molecule has 0 radical (unpaired) electrons. The summed E-state index contributed by atoms with van der Waals surface area (Å²) in [5.41, 5.74) is 8.67. The average molecular weight is 214 g/mol. The maximum absolute atomic E-state index is 5.74. The first-order valence-electron chi connectivity index (χ1n) is 5.52. The minimum atomic E-state index is 0.677. The molecule has 2 heterocycles. The Morgan fingerprint density at radius 1 is 1.44 bits per heavy atom. The molecule has 2 aromatic heterocycles. The van der Waals surface area contributed by atoms with Gasteiger partial charge in [-0.05, 0) is 37.5 Å². The predicted octanol–water partition coefficient (Wildman–Crippen LogP) is 2.04. The molecule has 0 aromatic carbocycles. The summed E-state index contributed by atoms with van der Waals surface area (Å²) >= 11 is 0. The van der Waals surface area contributed by atoms with Crippen LogP contribution in [0, 0.1) is 6.92 Å². The molecule has 0 atom stereocenters. The number of hydrogen-bond acceptors (Lipinski definition) is 3. The first kappa shape index (κ1) is 9.39. The van der Waals surface area contributed by atoms with Crippen molar-refractivity contribution in [2.75, 3.05) is 5.73 Å². The van der Waals surface area contributed by atoms with Crippen LogP contribution in [0.2, 0.25) is 0 Å². The zero-order valence-corrected chi connectivity index (χ0v) is 9.22. The lowest BCUT2D eigenvalue weighted by atomic mass is 10.2. The van der Waals surface area contributed by atoms with Crippen molar-refractivity contribution >= 4 is 5.69 Å². The maximum atomic E-state index is 5.74. The van der Waals surface area contributed by atoms with Crippen molar-refractivity contribution in [1.82, 2.24) is 14.8 Å². The Kier molecular flexibility index (Phi) is 1.96. The van der Waals surface area contributed by atoms with Gasteiger partial charge in [-0.15, -0.1) is 0 Å². The summed E-state index contributed by atoms with van der Waals surface area (Å²) in [6.07, 6.45) is 6.19. The Bertz CT molecular complexity index is 526. The lowest BCUT2D eigenvalue weighted by Gasteiger charge is -2.03. The van der Waals surface area contributed by atoms with Gasteiger partial charge in [-0.3, -0.25) is 0 Å². The molecule has 0 unspecified atom stereocenters. The molecular weight excluding hydrogens is 200 g/mol. The van der Waals surface area contributed by atoms with Crippen LogP contribution in [-0.2, 0) is 0 Å². The second-order valence-corrected chi connectivity index (χ2v) is 4.36. The van der Waals surface area contributed by atoms with Gasteiger partial charge < -0.3 is 5.73 Å². The fourth-order valence-corrected chi connectivity index (χ4v) is 1.74. The van der Waals surface area contributed by atoms with Crippen molar-refractivity contribution in [1.29, 1.82) is 0 Å². The van der Waals surface area contributed by atoms with E-state index in [1.165, 1.54) is 18.5 Å². The van der Waals surface area contributed by atoms with E-state index in [1.54, 1.807) is 6.20 Å². The van der Waals surface area contributed by atoms with Crippen LogP contribution in [0.25, 0.3) is 5.82 Å². The number of nitrogen functional groups attached to an aromatic ring is 1. The topological polar surface area (TPSA) is 56.7 Å². The Hall–Kier alpha value is -1.84. The van der Waals surface area contributed by atoms with E-state index in [1.807, 2.05) is 23.9 Å². The van der Waals surface area contributed by atoms with Gasteiger partial charge >= 0.3 is 0 Å². The normalized spacial score (nSPS) is 15.3. The number of aryl methyl sites for hydroxylation is 1. The van der Waals surface area contributed by atoms with Gasteiger partial charge in [0.25, 0.3) is 0 Å². The first-order chi connectivity index (χ1) is 7.74. The zero-order valence-electron chi connectivity index (χ0n) is 9.22. The minimum Gasteiger partial charge on any atom is -0.397 e. The number of hydrogen-bond donors (Lipinski definition) is 1. The first-order valence-corrected chi connectivity index (χ1v) is 5.52. The smallest absolute Gasteiger partial charge is 0.153 e. The molecule has 3 rings (SSSR count). The second kappa shape index (κ2) is 3.33. The van der Waals surface area contributed by atoms with Crippen LogP contribution in [0.1, 0.15) is 30.0 Å². The van der Waals surface area contributed by atoms with Gasteiger partial charge in [-0.25, -0.2) is 9.67 Å². The summed E-state index contributed by atoms with van der Waals surface area (Å²) in [7, 11) is 0. The number of anilines is 1. The Balaban J connectivity index is 1.97. The largest absolute Gasteiger partial charge is 0.397 e.